The Hall–Kier alpha value is -3.68. The van der Waals surface area contributed by atoms with E-state index in [4.69, 9.17) is 16.6 Å². The van der Waals surface area contributed by atoms with Gasteiger partial charge in [0.1, 0.15) is 5.82 Å². The van der Waals surface area contributed by atoms with Crippen molar-refractivity contribution in [3.63, 3.8) is 0 Å². The van der Waals surface area contributed by atoms with Crippen LogP contribution in [0.25, 0.3) is 21.8 Å². The summed E-state index contributed by atoms with van der Waals surface area (Å²) < 4.78 is 27.7. The first-order valence-electron chi connectivity index (χ1n) is 10.2. The molecule has 0 aliphatic rings. The number of pyridine rings is 2. The molecule has 0 bridgehead atoms. The van der Waals surface area contributed by atoms with Crippen LogP contribution in [0.3, 0.4) is 0 Å². The van der Waals surface area contributed by atoms with Gasteiger partial charge in [0.25, 0.3) is 10.0 Å². The van der Waals surface area contributed by atoms with Crippen molar-refractivity contribution in [2.75, 3.05) is 10.0 Å². The highest BCUT2D eigenvalue weighted by Gasteiger charge is 2.15. The zero-order valence-electron chi connectivity index (χ0n) is 17.4. The van der Waals surface area contributed by atoms with Crippen LogP contribution in [0.5, 0.6) is 0 Å². The van der Waals surface area contributed by atoms with E-state index in [-0.39, 0.29) is 10.7 Å². The third kappa shape index (κ3) is 4.46. The lowest BCUT2D eigenvalue weighted by atomic mass is 10.0. The first kappa shape index (κ1) is 21.2. The van der Waals surface area contributed by atoms with Gasteiger partial charge in [0.05, 0.1) is 15.9 Å². The molecule has 0 spiro atoms. The molecule has 0 aliphatic carbocycles. The van der Waals surface area contributed by atoms with E-state index < -0.39 is 10.0 Å². The second kappa shape index (κ2) is 8.69. The van der Waals surface area contributed by atoms with E-state index in [1.54, 1.807) is 42.5 Å². The molecule has 0 saturated heterocycles. The number of rotatable bonds is 6. The molecule has 0 atom stereocenters. The molecule has 2 heterocycles. The molecular formula is C25H19ClN4O2S. The lowest BCUT2D eigenvalue weighted by Gasteiger charge is -2.13. The summed E-state index contributed by atoms with van der Waals surface area (Å²) in [5.41, 5.74) is 3.63. The minimum atomic E-state index is -3.72. The molecular weight excluding hydrogens is 456 g/mol. The van der Waals surface area contributed by atoms with Crippen molar-refractivity contribution in [1.82, 2.24) is 9.97 Å². The van der Waals surface area contributed by atoms with Gasteiger partial charge in [-0.3, -0.25) is 4.72 Å². The second-order valence-electron chi connectivity index (χ2n) is 7.47. The first-order chi connectivity index (χ1) is 16.0. The normalized spacial score (nSPS) is 11.5. The van der Waals surface area contributed by atoms with Gasteiger partial charge in [-0.15, -0.1) is 0 Å². The number of para-hydroxylation sites is 1. The smallest absolute Gasteiger partial charge is 0.263 e. The zero-order valence-corrected chi connectivity index (χ0v) is 18.9. The number of fused-ring (bicyclic) bond motifs is 2. The highest BCUT2D eigenvalue weighted by molar-refractivity contribution is 7.92. The standard InChI is InChI=1S/C25H19ClN4O2S/c26-17-8-13-21-22(20-5-1-2-6-23(20)29-24(21)15-17)16-28-18-9-11-19(12-10-18)33(31,32)30-25-7-3-4-14-27-25/h1-15,28H,16H2,(H,27,30). The molecule has 5 aromatic rings. The second-order valence-corrected chi connectivity index (χ2v) is 9.59. The van der Waals surface area contributed by atoms with E-state index in [0.29, 0.717) is 11.6 Å². The van der Waals surface area contributed by atoms with Gasteiger partial charge in [0.2, 0.25) is 0 Å². The summed E-state index contributed by atoms with van der Waals surface area (Å²) in [5.74, 6) is 0.274. The third-order valence-electron chi connectivity index (χ3n) is 5.29. The van der Waals surface area contributed by atoms with Crippen LogP contribution in [0.2, 0.25) is 5.02 Å². The van der Waals surface area contributed by atoms with Gasteiger partial charge in [0.15, 0.2) is 0 Å². The molecule has 0 fully saturated rings. The predicted octanol–water partition coefficient (Wildman–Crippen LogP) is 5.85. The maximum atomic E-state index is 12.6. The van der Waals surface area contributed by atoms with Crippen molar-refractivity contribution in [2.45, 2.75) is 11.4 Å². The summed E-state index contributed by atoms with van der Waals surface area (Å²) in [6.07, 6.45) is 1.53. The van der Waals surface area contributed by atoms with E-state index in [9.17, 15) is 8.42 Å². The Balaban J connectivity index is 1.41. The fourth-order valence-corrected chi connectivity index (χ4v) is 4.88. The summed E-state index contributed by atoms with van der Waals surface area (Å²) in [7, 11) is -3.72. The fraction of sp³-hybridized carbons (Fsp3) is 0.0400. The van der Waals surface area contributed by atoms with Gasteiger partial charge in [-0.05, 0) is 60.2 Å². The summed E-state index contributed by atoms with van der Waals surface area (Å²) in [6, 6.07) is 25.3. The molecule has 3 aromatic carbocycles. The molecule has 0 amide bonds. The highest BCUT2D eigenvalue weighted by Crippen LogP contribution is 2.29. The van der Waals surface area contributed by atoms with Gasteiger partial charge in [-0.25, -0.2) is 18.4 Å². The Bertz CT molecular complexity index is 1560. The van der Waals surface area contributed by atoms with E-state index in [1.165, 1.54) is 6.20 Å². The Morgan fingerprint density at radius 1 is 0.818 bits per heavy atom. The largest absolute Gasteiger partial charge is 0.381 e. The summed E-state index contributed by atoms with van der Waals surface area (Å²) >= 11 is 6.18. The van der Waals surface area contributed by atoms with Gasteiger partial charge in [-0.1, -0.05) is 41.9 Å². The van der Waals surface area contributed by atoms with Crippen LogP contribution in [0.4, 0.5) is 11.5 Å². The molecule has 0 unspecified atom stereocenters. The Labute approximate surface area is 196 Å². The number of nitrogens with one attached hydrogen (secondary N) is 2. The molecule has 0 saturated carbocycles. The molecule has 2 aromatic heterocycles. The number of aromatic nitrogens is 2. The number of halogens is 1. The molecule has 5 rings (SSSR count). The van der Waals surface area contributed by atoms with Crippen molar-refractivity contribution < 1.29 is 8.42 Å². The molecule has 8 heteroatoms. The first-order valence-corrected chi connectivity index (χ1v) is 12.1. The van der Waals surface area contributed by atoms with Crippen molar-refractivity contribution >= 4 is 54.9 Å². The molecule has 0 aliphatic heterocycles. The average Bonchev–Trinajstić information content (AvgIpc) is 2.82. The van der Waals surface area contributed by atoms with Crippen molar-refractivity contribution in [3.05, 3.63) is 102 Å². The average molecular weight is 475 g/mol. The SMILES string of the molecule is O=S(=O)(Nc1ccccn1)c1ccc(NCc2c3ccccc3nc3cc(Cl)ccc23)cc1. The fourth-order valence-electron chi connectivity index (χ4n) is 3.71. The van der Waals surface area contributed by atoms with E-state index in [2.05, 4.69) is 15.0 Å². The monoisotopic (exact) mass is 474 g/mol. The number of hydrogen-bond donors (Lipinski definition) is 2. The number of anilines is 2. The zero-order chi connectivity index (χ0) is 22.8. The van der Waals surface area contributed by atoms with E-state index in [0.717, 1.165) is 33.1 Å². The molecule has 6 nitrogen and oxygen atoms in total. The number of nitrogens with zero attached hydrogens (tertiary/aromatic N) is 2. The van der Waals surface area contributed by atoms with E-state index >= 15 is 0 Å². The van der Waals surface area contributed by atoms with Crippen LogP contribution in [-0.2, 0) is 16.6 Å². The Morgan fingerprint density at radius 3 is 2.36 bits per heavy atom. The maximum absolute atomic E-state index is 12.6. The van der Waals surface area contributed by atoms with Crippen molar-refractivity contribution in [2.24, 2.45) is 0 Å². The number of hydrogen-bond acceptors (Lipinski definition) is 5. The van der Waals surface area contributed by atoms with Crippen LogP contribution in [-0.4, -0.2) is 18.4 Å². The lowest BCUT2D eigenvalue weighted by Crippen LogP contribution is -2.13. The number of sulfonamides is 1. The molecule has 0 radical (unpaired) electrons. The molecule has 33 heavy (non-hydrogen) atoms. The van der Waals surface area contributed by atoms with Gasteiger partial charge in [0, 0.05) is 34.2 Å². The predicted molar refractivity (Wildman–Crippen MR) is 133 cm³/mol. The highest BCUT2D eigenvalue weighted by atomic mass is 35.5. The lowest BCUT2D eigenvalue weighted by molar-refractivity contribution is 0.601. The third-order valence-corrected chi connectivity index (χ3v) is 6.90. The summed E-state index contributed by atoms with van der Waals surface area (Å²) in [6.45, 7) is 0.541. The summed E-state index contributed by atoms with van der Waals surface area (Å²) in [5, 5.41) is 6.11. The molecule has 164 valence electrons. The maximum Gasteiger partial charge on any atom is 0.263 e. The Kier molecular flexibility index (Phi) is 5.58. The van der Waals surface area contributed by atoms with Gasteiger partial charge >= 0.3 is 0 Å². The number of benzene rings is 3. The van der Waals surface area contributed by atoms with Crippen LogP contribution in [0.15, 0.2) is 96.0 Å². The minimum Gasteiger partial charge on any atom is -0.381 e. The molecule has 2 N–H and O–H groups in total. The van der Waals surface area contributed by atoms with Crippen LogP contribution >= 0.6 is 11.6 Å². The van der Waals surface area contributed by atoms with Crippen molar-refractivity contribution in [1.29, 1.82) is 0 Å². The van der Waals surface area contributed by atoms with Crippen molar-refractivity contribution in [3.8, 4) is 0 Å². The van der Waals surface area contributed by atoms with Crippen LogP contribution in [0.1, 0.15) is 5.56 Å². The topological polar surface area (TPSA) is 84.0 Å². The van der Waals surface area contributed by atoms with Crippen LogP contribution < -0.4 is 10.0 Å². The van der Waals surface area contributed by atoms with Gasteiger partial charge < -0.3 is 5.32 Å². The quantitative estimate of drug-likeness (QED) is 0.301. The Morgan fingerprint density at radius 2 is 1.58 bits per heavy atom. The van der Waals surface area contributed by atoms with E-state index in [1.807, 2.05) is 42.5 Å². The van der Waals surface area contributed by atoms with Gasteiger partial charge in [-0.2, -0.15) is 0 Å². The minimum absolute atomic E-state index is 0.160. The summed E-state index contributed by atoms with van der Waals surface area (Å²) in [4.78, 5) is 8.91. The van der Waals surface area contributed by atoms with Crippen LogP contribution in [0, 0.1) is 0 Å².